The van der Waals surface area contributed by atoms with Crippen molar-refractivity contribution in [2.24, 2.45) is 0 Å². The number of carbonyl (C=O) groups excluding carboxylic acids is 1. The number of aromatic nitrogens is 1. The van der Waals surface area contributed by atoms with E-state index in [0.717, 1.165) is 29.1 Å². The Morgan fingerprint density at radius 2 is 1.84 bits per heavy atom. The minimum Gasteiger partial charge on any atom is -0.337 e. The largest absolute Gasteiger partial charge is 0.337 e. The van der Waals surface area contributed by atoms with Crippen LogP contribution in [0.25, 0.3) is 22.0 Å². The molecule has 1 aliphatic heterocycles. The molecule has 1 aromatic heterocycles. The molecule has 0 N–H and O–H groups in total. The van der Waals surface area contributed by atoms with Crippen molar-refractivity contribution in [3.63, 3.8) is 0 Å². The summed E-state index contributed by atoms with van der Waals surface area (Å²) >= 11 is 1.27. The second-order valence-electron chi connectivity index (χ2n) is 5.90. The smallest absolute Gasteiger partial charge is 0.235 e. The Bertz CT molecular complexity index is 1050. The molecular formula is C19H12F2N2OS. The van der Waals surface area contributed by atoms with Gasteiger partial charge in [0.05, 0.1) is 22.8 Å². The van der Waals surface area contributed by atoms with E-state index in [0.29, 0.717) is 28.9 Å². The van der Waals surface area contributed by atoms with Gasteiger partial charge in [-0.2, -0.15) is 5.26 Å². The molecule has 4 rings (SSSR count). The van der Waals surface area contributed by atoms with Gasteiger partial charge in [-0.15, -0.1) is 0 Å². The Morgan fingerprint density at radius 1 is 1.08 bits per heavy atom. The highest BCUT2D eigenvalue weighted by molar-refractivity contribution is 8.14. The molecule has 0 bridgehead atoms. The number of carbonyl (C=O) groups is 1. The summed E-state index contributed by atoms with van der Waals surface area (Å²) in [6, 6.07) is 10.5. The fourth-order valence-corrected chi connectivity index (χ4v) is 4.05. The predicted octanol–water partition coefficient (Wildman–Crippen LogP) is 4.74. The molecule has 3 nitrogen and oxygen atoms in total. The van der Waals surface area contributed by atoms with Gasteiger partial charge in [0.2, 0.25) is 5.12 Å². The standard InChI is InChI=1S/C19H12F2N2OS/c20-14-6-12(7-15(21)9-14)16-5-11(10-22)4-13-8-17-19(24)25-3-1-2-23(17)18(13)16/h4-9H,1-3H2. The maximum atomic E-state index is 13.7. The number of halogens is 2. The first-order valence-corrected chi connectivity index (χ1v) is 8.76. The minimum atomic E-state index is -0.681. The number of hydrogen-bond acceptors (Lipinski definition) is 3. The second-order valence-corrected chi connectivity index (χ2v) is 6.97. The molecule has 124 valence electrons. The van der Waals surface area contributed by atoms with Crippen LogP contribution in [0.2, 0.25) is 0 Å². The van der Waals surface area contributed by atoms with Gasteiger partial charge in [-0.05, 0) is 42.3 Å². The van der Waals surface area contributed by atoms with Crippen molar-refractivity contribution in [3.8, 4) is 17.2 Å². The summed E-state index contributed by atoms with van der Waals surface area (Å²) in [5, 5.41) is 10.0. The van der Waals surface area contributed by atoms with E-state index in [-0.39, 0.29) is 5.12 Å². The Kier molecular flexibility index (Phi) is 3.81. The molecule has 1 aliphatic rings. The third kappa shape index (κ3) is 2.71. The number of hydrogen-bond donors (Lipinski definition) is 0. The predicted molar refractivity (Wildman–Crippen MR) is 93.4 cm³/mol. The van der Waals surface area contributed by atoms with Gasteiger partial charge in [0.25, 0.3) is 0 Å². The Balaban J connectivity index is 2.09. The van der Waals surface area contributed by atoms with E-state index in [9.17, 15) is 18.8 Å². The van der Waals surface area contributed by atoms with E-state index < -0.39 is 11.6 Å². The first-order chi connectivity index (χ1) is 12.1. The molecule has 25 heavy (non-hydrogen) atoms. The molecule has 0 atom stereocenters. The lowest BCUT2D eigenvalue weighted by Gasteiger charge is -2.11. The molecule has 2 aromatic carbocycles. The highest BCUT2D eigenvalue weighted by Gasteiger charge is 2.22. The molecule has 0 unspecified atom stereocenters. The van der Waals surface area contributed by atoms with Crippen LogP contribution in [0.3, 0.4) is 0 Å². The Morgan fingerprint density at radius 3 is 2.56 bits per heavy atom. The number of thioether (sulfide) groups is 1. The molecule has 0 aliphatic carbocycles. The normalized spacial score (nSPS) is 14.2. The molecule has 6 heteroatoms. The van der Waals surface area contributed by atoms with Crippen LogP contribution >= 0.6 is 11.8 Å². The lowest BCUT2D eigenvalue weighted by molar-refractivity contribution is 0.108. The number of nitrogens with zero attached hydrogens (tertiary/aromatic N) is 2. The van der Waals surface area contributed by atoms with Gasteiger partial charge in [-0.25, -0.2) is 8.78 Å². The number of rotatable bonds is 1. The number of nitriles is 1. The molecule has 0 amide bonds. The number of fused-ring (bicyclic) bond motifs is 3. The summed E-state index contributed by atoms with van der Waals surface area (Å²) in [7, 11) is 0. The SMILES string of the molecule is N#Cc1cc(-c2cc(F)cc(F)c2)c2c(c1)cc1n2CCCSC1=O. The summed E-state index contributed by atoms with van der Waals surface area (Å²) in [6.07, 6.45) is 0.824. The zero-order chi connectivity index (χ0) is 17.6. The zero-order valence-corrected chi connectivity index (χ0v) is 13.9. The molecule has 3 aromatic rings. The third-order valence-electron chi connectivity index (χ3n) is 4.26. The van der Waals surface area contributed by atoms with Crippen molar-refractivity contribution in [3.05, 3.63) is 59.3 Å². The van der Waals surface area contributed by atoms with Crippen LogP contribution in [0.4, 0.5) is 8.78 Å². The van der Waals surface area contributed by atoms with Crippen LogP contribution in [-0.4, -0.2) is 15.4 Å². The van der Waals surface area contributed by atoms with Crippen molar-refractivity contribution < 1.29 is 13.6 Å². The lowest BCUT2D eigenvalue weighted by atomic mass is 10.00. The van der Waals surface area contributed by atoms with Crippen molar-refractivity contribution in [2.45, 2.75) is 13.0 Å². The molecule has 0 saturated carbocycles. The van der Waals surface area contributed by atoms with E-state index in [1.807, 2.05) is 4.57 Å². The maximum Gasteiger partial charge on any atom is 0.235 e. The fourth-order valence-electron chi connectivity index (χ4n) is 3.27. The molecule has 2 heterocycles. The molecule has 0 spiro atoms. The van der Waals surface area contributed by atoms with E-state index >= 15 is 0 Å². The van der Waals surface area contributed by atoms with Gasteiger partial charge in [0, 0.05) is 29.3 Å². The Hall–Kier alpha value is -2.65. The fraction of sp³-hybridized carbons (Fsp3) is 0.158. The number of benzene rings is 2. The van der Waals surface area contributed by atoms with Crippen molar-refractivity contribution >= 4 is 27.8 Å². The maximum absolute atomic E-state index is 13.7. The second kappa shape index (κ2) is 6.01. The molecule has 0 radical (unpaired) electrons. The van der Waals surface area contributed by atoms with Crippen LogP contribution in [0.1, 0.15) is 22.5 Å². The molecular weight excluding hydrogens is 342 g/mol. The van der Waals surface area contributed by atoms with E-state index in [4.69, 9.17) is 0 Å². The van der Waals surface area contributed by atoms with Crippen LogP contribution in [0.5, 0.6) is 0 Å². The quantitative estimate of drug-likeness (QED) is 0.634. The first kappa shape index (κ1) is 15.9. The number of aryl methyl sites for hydroxylation is 1. The highest BCUT2D eigenvalue weighted by atomic mass is 32.2. The first-order valence-electron chi connectivity index (χ1n) is 7.78. The van der Waals surface area contributed by atoms with E-state index in [1.165, 1.54) is 23.9 Å². The van der Waals surface area contributed by atoms with Crippen LogP contribution < -0.4 is 0 Å². The summed E-state index contributed by atoms with van der Waals surface area (Å²) in [6.45, 7) is 0.647. The van der Waals surface area contributed by atoms with Crippen LogP contribution in [0.15, 0.2) is 36.4 Å². The lowest BCUT2D eigenvalue weighted by Crippen LogP contribution is -2.04. The van der Waals surface area contributed by atoms with E-state index in [1.54, 1.807) is 18.2 Å². The molecule has 0 fully saturated rings. The third-order valence-corrected chi connectivity index (χ3v) is 5.23. The van der Waals surface area contributed by atoms with E-state index in [2.05, 4.69) is 6.07 Å². The summed E-state index contributed by atoms with van der Waals surface area (Å²) in [5.41, 5.74) is 2.58. The summed E-state index contributed by atoms with van der Waals surface area (Å²) in [5.74, 6) is -0.623. The topological polar surface area (TPSA) is 45.8 Å². The van der Waals surface area contributed by atoms with Crippen molar-refractivity contribution in [1.29, 1.82) is 5.26 Å². The van der Waals surface area contributed by atoms with Crippen molar-refractivity contribution in [1.82, 2.24) is 4.57 Å². The van der Waals surface area contributed by atoms with Gasteiger partial charge < -0.3 is 4.57 Å². The van der Waals surface area contributed by atoms with Crippen LogP contribution in [-0.2, 0) is 6.54 Å². The summed E-state index contributed by atoms with van der Waals surface area (Å²) in [4.78, 5) is 12.3. The van der Waals surface area contributed by atoms with Crippen molar-refractivity contribution in [2.75, 3.05) is 5.75 Å². The van der Waals surface area contributed by atoms with Gasteiger partial charge in [0.15, 0.2) is 0 Å². The van der Waals surface area contributed by atoms with Gasteiger partial charge >= 0.3 is 0 Å². The van der Waals surface area contributed by atoms with Crippen LogP contribution in [0, 0.1) is 23.0 Å². The zero-order valence-electron chi connectivity index (χ0n) is 13.1. The Labute approximate surface area is 146 Å². The monoisotopic (exact) mass is 354 g/mol. The average Bonchev–Trinajstić information content (AvgIpc) is 2.85. The average molecular weight is 354 g/mol. The van der Waals surface area contributed by atoms with Gasteiger partial charge in [-0.3, -0.25) is 4.79 Å². The molecule has 0 saturated heterocycles. The van der Waals surface area contributed by atoms with Gasteiger partial charge in [-0.1, -0.05) is 11.8 Å². The highest BCUT2D eigenvalue weighted by Crippen LogP contribution is 2.35. The van der Waals surface area contributed by atoms with Gasteiger partial charge in [0.1, 0.15) is 11.6 Å². The minimum absolute atomic E-state index is 0.0245. The summed E-state index contributed by atoms with van der Waals surface area (Å²) < 4.78 is 29.3.